The number of aromatic nitrogens is 2. The van der Waals surface area contributed by atoms with E-state index in [-0.39, 0.29) is 12.0 Å². The highest BCUT2D eigenvalue weighted by molar-refractivity contribution is 5.95. The van der Waals surface area contributed by atoms with E-state index in [4.69, 9.17) is 9.47 Å². The van der Waals surface area contributed by atoms with E-state index < -0.39 is 0 Å². The van der Waals surface area contributed by atoms with Crippen LogP contribution in [-0.2, 0) is 9.47 Å². The number of likely N-dealkylation sites (N-methyl/N-ethyl adjacent to an activating group) is 1. The summed E-state index contributed by atoms with van der Waals surface area (Å²) in [7, 11) is 1.78. The van der Waals surface area contributed by atoms with Gasteiger partial charge in [-0.05, 0) is 37.1 Å². The maximum Gasteiger partial charge on any atom is 0.253 e. The molecule has 1 saturated heterocycles. The minimum absolute atomic E-state index is 0.0500. The number of rotatable bonds is 6. The first-order valence-corrected chi connectivity index (χ1v) is 9.34. The van der Waals surface area contributed by atoms with Gasteiger partial charge >= 0.3 is 0 Å². The maximum atomic E-state index is 12.8. The summed E-state index contributed by atoms with van der Waals surface area (Å²) in [6.45, 7) is 2.22. The molecule has 2 heterocycles. The van der Waals surface area contributed by atoms with E-state index >= 15 is 0 Å². The molecule has 142 valence electrons. The molecule has 4 rings (SSSR count). The molecular weight excluding hydrogens is 344 g/mol. The number of benzene rings is 1. The molecule has 1 saturated carbocycles. The largest absolute Gasteiger partial charge is 0.376 e. The van der Waals surface area contributed by atoms with Crippen LogP contribution in [0.1, 0.15) is 23.2 Å². The van der Waals surface area contributed by atoms with Gasteiger partial charge in [0.05, 0.1) is 31.6 Å². The molecule has 0 radical (unpaired) electrons. The summed E-state index contributed by atoms with van der Waals surface area (Å²) in [6, 6.07) is 11.9. The quantitative estimate of drug-likeness (QED) is 0.842. The molecule has 1 N–H and O–H groups in total. The summed E-state index contributed by atoms with van der Waals surface area (Å²) in [4.78, 5) is 14.4. The molecule has 2 aliphatic rings. The van der Waals surface area contributed by atoms with E-state index in [9.17, 15) is 4.79 Å². The first kappa shape index (κ1) is 17.9. The van der Waals surface area contributed by atoms with E-state index in [0.29, 0.717) is 38.0 Å². The fraction of sp³-hybridized carbons (Fsp3) is 0.450. The minimum atomic E-state index is -0.0757. The predicted octanol–water partition coefficient (Wildman–Crippen LogP) is 2.21. The van der Waals surface area contributed by atoms with E-state index in [0.717, 1.165) is 17.1 Å². The van der Waals surface area contributed by atoms with Gasteiger partial charge in [0.1, 0.15) is 5.82 Å². The monoisotopic (exact) mass is 368 g/mol. The third-order valence-corrected chi connectivity index (χ3v) is 4.71. The van der Waals surface area contributed by atoms with Crippen LogP contribution in [0.25, 0.3) is 11.3 Å². The van der Waals surface area contributed by atoms with Crippen molar-refractivity contribution < 1.29 is 14.3 Å². The van der Waals surface area contributed by atoms with Gasteiger partial charge in [0.15, 0.2) is 0 Å². The number of nitrogens with zero attached hydrogens (tertiary/aromatic N) is 3. The molecule has 2 aromatic rings. The summed E-state index contributed by atoms with van der Waals surface area (Å²) >= 11 is 0. The van der Waals surface area contributed by atoms with Crippen LogP contribution in [0.15, 0.2) is 36.4 Å². The Labute approximate surface area is 158 Å². The van der Waals surface area contributed by atoms with Crippen molar-refractivity contribution >= 4 is 11.7 Å². The molecule has 7 heteroatoms. The third kappa shape index (κ3) is 4.61. The number of anilines is 1. The number of amides is 1. The number of hydrogen-bond acceptors (Lipinski definition) is 6. The minimum Gasteiger partial charge on any atom is -0.376 e. The number of hydrogen-bond donors (Lipinski definition) is 1. The third-order valence-electron chi connectivity index (χ3n) is 4.71. The molecule has 1 atom stereocenters. The summed E-state index contributed by atoms with van der Waals surface area (Å²) in [5, 5.41) is 11.9. The fourth-order valence-corrected chi connectivity index (χ4v) is 3.06. The van der Waals surface area contributed by atoms with Crippen molar-refractivity contribution in [1.29, 1.82) is 0 Å². The molecule has 0 bridgehead atoms. The highest BCUT2D eigenvalue weighted by Gasteiger charge is 2.22. The van der Waals surface area contributed by atoms with Crippen molar-refractivity contribution in [3.8, 4) is 11.3 Å². The molecular formula is C20H24N4O3. The number of ether oxygens (including phenoxy) is 2. The average molecular weight is 368 g/mol. The zero-order valence-corrected chi connectivity index (χ0v) is 15.4. The first-order valence-electron chi connectivity index (χ1n) is 9.34. The molecule has 2 fully saturated rings. The standard InChI is InChI=1S/C20H24N4O3/c1-24(12-17-13-26-9-10-27-17)20(25)15-4-2-3-14(11-15)18-7-8-19(23-22-18)21-16-5-6-16/h2-4,7-8,11,16-17H,5-6,9-10,12-13H2,1H3,(H,21,23)/t17-/m0/s1. The van der Waals surface area contributed by atoms with Crippen LogP contribution < -0.4 is 5.32 Å². The molecule has 1 aromatic carbocycles. The van der Waals surface area contributed by atoms with Crippen molar-refractivity contribution in [3.63, 3.8) is 0 Å². The van der Waals surface area contributed by atoms with Gasteiger partial charge in [0, 0.05) is 30.8 Å². The Hall–Kier alpha value is -2.51. The first-order chi connectivity index (χ1) is 13.2. The van der Waals surface area contributed by atoms with Crippen molar-refractivity contribution in [1.82, 2.24) is 15.1 Å². The van der Waals surface area contributed by atoms with Gasteiger partial charge in [-0.1, -0.05) is 12.1 Å². The molecule has 1 aromatic heterocycles. The molecule has 7 nitrogen and oxygen atoms in total. The molecule has 1 amide bonds. The van der Waals surface area contributed by atoms with Crippen molar-refractivity contribution in [2.45, 2.75) is 25.0 Å². The van der Waals surface area contributed by atoms with Crippen LogP contribution in [0.4, 0.5) is 5.82 Å². The van der Waals surface area contributed by atoms with E-state index in [2.05, 4.69) is 15.5 Å². The zero-order chi connectivity index (χ0) is 18.6. The summed E-state index contributed by atoms with van der Waals surface area (Å²) < 4.78 is 11.0. The molecule has 27 heavy (non-hydrogen) atoms. The Morgan fingerprint density at radius 3 is 2.81 bits per heavy atom. The predicted molar refractivity (Wildman–Crippen MR) is 102 cm³/mol. The highest BCUT2D eigenvalue weighted by Crippen LogP contribution is 2.24. The lowest BCUT2D eigenvalue weighted by molar-refractivity contribution is -0.0933. The summed E-state index contributed by atoms with van der Waals surface area (Å²) in [6.07, 6.45) is 2.31. The topological polar surface area (TPSA) is 76.6 Å². The number of nitrogens with one attached hydrogen (secondary N) is 1. The number of carbonyl (C=O) groups excluding carboxylic acids is 1. The Bertz CT molecular complexity index is 786. The second-order valence-corrected chi connectivity index (χ2v) is 7.06. The Kier molecular flexibility index (Phi) is 5.31. The second kappa shape index (κ2) is 8.02. The van der Waals surface area contributed by atoms with Crippen LogP contribution in [-0.4, -0.2) is 66.6 Å². The van der Waals surface area contributed by atoms with Crippen LogP contribution in [0.5, 0.6) is 0 Å². The van der Waals surface area contributed by atoms with Gasteiger partial charge in [-0.15, -0.1) is 10.2 Å². The van der Waals surface area contributed by atoms with Crippen molar-refractivity contribution in [2.75, 3.05) is 38.7 Å². The van der Waals surface area contributed by atoms with E-state index in [1.54, 1.807) is 11.9 Å². The van der Waals surface area contributed by atoms with E-state index in [1.165, 1.54) is 12.8 Å². The SMILES string of the molecule is CN(C[C@H]1COCCO1)C(=O)c1cccc(-c2ccc(NC3CC3)nn2)c1. The van der Waals surface area contributed by atoms with E-state index in [1.807, 2.05) is 36.4 Å². The molecule has 1 aliphatic heterocycles. The van der Waals surface area contributed by atoms with Crippen LogP contribution >= 0.6 is 0 Å². The summed E-state index contributed by atoms with van der Waals surface area (Å²) in [5.74, 6) is 0.744. The Morgan fingerprint density at radius 2 is 2.11 bits per heavy atom. The summed E-state index contributed by atoms with van der Waals surface area (Å²) in [5.41, 5.74) is 2.24. The van der Waals surface area contributed by atoms with Gasteiger partial charge < -0.3 is 19.7 Å². The normalized spacial score (nSPS) is 19.5. The van der Waals surface area contributed by atoms with Crippen LogP contribution in [0.3, 0.4) is 0 Å². The number of carbonyl (C=O) groups is 1. The second-order valence-electron chi connectivity index (χ2n) is 7.06. The van der Waals surface area contributed by atoms with Crippen LogP contribution in [0, 0.1) is 0 Å². The Balaban J connectivity index is 1.43. The lowest BCUT2D eigenvalue weighted by atomic mass is 10.1. The molecule has 0 unspecified atom stereocenters. The average Bonchev–Trinajstić information content (AvgIpc) is 3.53. The van der Waals surface area contributed by atoms with Gasteiger partial charge in [-0.3, -0.25) is 4.79 Å². The van der Waals surface area contributed by atoms with Crippen molar-refractivity contribution in [2.24, 2.45) is 0 Å². The van der Waals surface area contributed by atoms with Gasteiger partial charge in [-0.2, -0.15) is 0 Å². The maximum absolute atomic E-state index is 12.8. The van der Waals surface area contributed by atoms with Crippen LogP contribution in [0.2, 0.25) is 0 Å². The van der Waals surface area contributed by atoms with Gasteiger partial charge in [-0.25, -0.2) is 0 Å². The molecule has 0 spiro atoms. The van der Waals surface area contributed by atoms with Gasteiger partial charge in [0.25, 0.3) is 5.91 Å². The Morgan fingerprint density at radius 1 is 1.22 bits per heavy atom. The fourth-order valence-electron chi connectivity index (χ4n) is 3.06. The highest BCUT2D eigenvalue weighted by atomic mass is 16.6. The smallest absolute Gasteiger partial charge is 0.253 e. The molecule has 1 aliphatic carbocycles. The van der Waals surface area contributed by atoms with Crippen molar-refractivity contribution in [3.05, 3.63) is 42.0 Å². The van der Waals surface area contributed by atoms with Gasteiger partial charge in [0.2, 0.25) is 0 Å². The zero-order valence-electron chi connectivity index (χ0n) is 15.4. The lowest BCUT2D eigenvalue weighted by Crippen LogP contribution is -2.40. The lowest BCUT2D eigenvalue weighted by Gasteiger charge is -2.27.